The molecule has 0 unspecified atom stereocenters. The topological polar surface area (TPSA) is 98.3 Å². The molecule has 0 amide bonds. The molecular weight excluding hydrogens is 270 g/mol. The highest BCUT2D eigenvalue weighted by atomic mass is 32.2. The fourth-order valence-electron chi connectivity index (χ4n) is 2.17. The molecule has 0 saturated heterocycles. The Morgan fingerprint density at radius 1 is 1.53 bits per heavy atom. The standard InChI is InChI=1S/C10H15N3O2S.CH2O2/c1-16-10-9(13(14)15)7-12(11-10)8-5-3-2-4-6-8;2-1-3/h7-8H,2-6H2,1H3;1H,(H,2,3). The van der Waals surface area contributed by atoms with Crippen LogP contribution in [-0.2, 0) is 4.79 Å². The van der Waals surface area contributed by atoms with Gasteiger partial charge in [-0.15, -0.1) is 11.8 Å². The van der Waals surface area contributed by atoms with E-state index in [1.807, 2.05) is 6.26 Å². The summed E-state index contributed by atoms with van der Waals surface area (Å²) in [6, 6.07) is 0.355. The third kappa shape index (κ3) is 4.23. The van der Waals surface area contributed by atoms with Gasteiger partial charge in [0.2, 0.25) is 0 Å². The molecule has 8 heteroatoms. The molecule has 0 atom stereocenters. The lowest BCUT2D eigenvalue weighted by atomic mass is 9.96. The molecule has 1 aliphatic carbocycles. The molecule has 0 aromatic carbocycles. The number of hydrogen-bond acceptors (Lipinski definition) is 5. The van der Waals surface area contributed by atoms with Crippen LogP contribution >= 0.6 is 11.8 Å². The summed E-state index contributed by atoms with van der Waals surface area (Å²) in [7, 11) is 0. The van der Waals surface area contributed by atoms with E-state index in [4.69, 9.17) is 9.90 Å². The molecule has 1 aliphatic rings. The predicted octanol–water partition coefficient (Wildman–Crippen LogP) is 2.72. The van der Waals surface area contributed by atoms with Crippen LogP contribution in [0, 0.1) is 10.1 Å². The lowest BCUT2D eigenvalue weighted by Crippen LogP contribution is -2.13. The van der Waals surface area contributed by atoms with Crippen molar-refractivity contribution in [1.29, 1.82) is 0 Å². The summed E-state index contributed by atoms with van der Waals surface area (Å²) in [6.45, 7) is -0.250. The average molecular weight is 287 g/mol. The van der Waals surface area contributed by atoms with E-state index in [0.717, 1.165) is 12.8 Å². The number of nitro groups is 1. The molecular formula is C11H17N3O4S. The number of hydrogen-bond donors (Lipinski definition) is 1. The van der Waals surface area contributed by atoms with Gasteiger partial charge >= 0.3 is 5.69 Å². The normalized spacial score (nSPS) is 15.4. The first-order valence-corrected chi connectivity index (χ1v) is 7.21. The van der Waals surface area contributed by atoms with Crippen LogP contribution in [0.4, 0.5) is 5.69 Å². The van der Waals surface area contributed by atoms with E-state index in [1.54, 1.807) is 10.9 Å². The van der Waals surface area contributed by atoms with E-state index in [-0.39, 0.29) is 17.1 Å². The summed E-state index contributed by atoms with van der Waals surface area (Å²) < 4.78 is 1.79. The van der Waals surface area contributed by atoms with Crippen molar-refractivity contribution < 1.29 is 14.8 Å². The molecule has 1 aromatic heterocycles. The second-order valence-corrected chi connectivity index (χ2v) is 4.95. The van der Waals surface area contributed by atoms with Gasteiger partial charge in [-0.25, -0.2) is 0 Å². The first-order valence-electron chi connectivity index (χ1n) is 5.99. The number of rotatable bonds is 3. The number of thioether (sulfide) groups is 1. The molecule has 0 aliphatic heterocycles. The Morgan fingerprint density at radius 2 is 2.11 bits per heavy atom. The minimum Gasteiger partial charge on any atom is -0.483 e. The summed E-state index contributed by atoms with van der Waals surface area (Å²) in [5, 5.41) is 22.5. The van der Waals surface area contributed by atoms with Gasteiger partial charge in [0.05, 0.1) is 11.0 Å². The zero-order valence-corrected chi connectivity index (χ0v) is 11.5. The Morgan fingerprint density at radius 3 is 2.53 bits per heavy atom. The van der Waals surface area contributed by atoms with Crippen LogP contribution in [0.1, 0.15) is 38.1 Å². The van der Waals surface area contributed by atoms with Crippen molar-refractivity contribution in [3.8, 4) is 0 Å². The smallest absolute Gasteiger partial charge is 0.320 e. The molecule has 106 valence electrons. The Hall–Kier alpha value is -1.57. The first kappa shape index (κ1) is 15.5. The summed E-state index contributed by atoms with van der Waals surface area (Å²) in [5.74, 6) is 0. The molecule has 2 rings (SSSR count). The van der Waals surface area contributed by atoms with Gasteiger partial charge in [-0.3, -0.25) is 19.6 Å². The van der Waals surface area contributed by atoms with Crippen molar-refractivity contribution in [3.05, 3.63) is 16.3 Å². The number of aromatic nitrogens is 2. The molecule has 0 bridgehead atoms. The van der Waals surface area contributed by atoms with Crippen molar-refractivity contribution in [2.45, 2.75) is 43.2 Å². The highest BCUT2D eigenvalue weighted by molar-refractivity contribution is 7.98. The maximum atomic E-state index is 10.8. The Balaban J connectivity index is 0.000000550. The van der Waals surface area contributed by atoms with Crippen molar-refractivity contribution in [3.63, 3.8) is 0 Å². The summed E-state index contributed by atoms with van der Waals surface area (Å²) in [4.78, 5) is 18.8. The Kier molecular flexibility index (Phi) is 6.34. The van der Waals surface area contributed by atoms with Gasteiger partial charge in [0, 0.05) is 0 Å². The molecule has 1 aromatic rings. The minimum absolute atomic E-state index is 0.137. The van der Waals surface area contributed by atoms with Gasteiger partial charge in [0.15, 0.2) is 5.03 Å². The summed E-state index contributed by atoms with van der Waals surface area (Å²) in [5.41, 5.74) is 0.137. The van der Waals surface area contributed by atoms with Crippen LogP contribution in [0.25, 0.3) is 0 Å². The molecule has 1 fully saturated rings. The van der Waals surface area contributed by atoms with E-state index in [1.165, 1.54) is 31.0 Å². The summed E-state index contributed by atoms with van der Waals surface area (Å²) >= 11 is 1.33. The molecule has 1 saturated carbocycles. The summed E-state index contributed by atoms with van der Waals surface area (Å²) in [6.07, 6.45) is 9.26. The van der Waals surface area contributed by atoms with Gasteiger partial charge in [0.25, 0.3) is 6.47 Å². The van der Waals surface area contributed by atoms with Crippen LogP contribution < -0.4 is 0 Å². The quantitative estimate of drug-likeness (QED) is 0.397. The molecule has 1 N–H and O–H groups in total. The fraction of sp³-hybridized carbons (Fsp3) is 0.636. The van der Waals surface area contributed by atoms with Crippen LogP contribution in [0.3, 0.4) is 0 Å². The van der Waals surface area contributed by atoms with E-state index >= 15 is 0 Å². The highest BCUT2D eigenvalue weighted by Crippen LogP contribution is 2.32. The van der Waals surface area contributed by atoms with E-state index in [0.29, 0.717) is 11.1 Å². The lowest BCUT2D eigenvalue weighted by molar-refractivity contribution is -0.387. The fourth-order valence-corrected chi connectivity index (χ4v) is 2.68. The van der Waals surface area contributed by atoms with Crippen molar-refractivity contribution in [2.75, 3.05) is 6.26 Å². The van der Waals surface area contributed by atoms with Crippen molar-refractivity contribution in [1.82, 2.24) is 9.78 Å². The highest BCUT2D eigenvalue weighted by Gasteiger charge is 2.23. The lowest BCUT2D eigenvalue weighted by Gasteiger charge is -2.21. The van der Waals surface area contributed by atoms with Gasteiger partial charge in [-0.2, -0.15) is 5.10 Å². The maximum absolute atomic E-state index is 10.8. The first-order chi connectivity index (χ1) is 9.13. The number of carbonyl (C=O) groups is 1. The number of carboxylic acid groups (broad SMARTS) is 1. The molecule has 0 spiro atoms. The van der Waals surface area contributed by atoms with Crippen molar-refractivity contribution >= 4 is 23.9 Å². The second-order valence-electron chi connectivity index (χ2n) is 4.16. The van der Waals surface area contributed by atoms with E-state index in [9.17, 15) is 10.1 Å². The average Bonchev–Trinajstić information content (AvgIpc) is 2.85. The monoisotopic (exact) mass is 287 g/mol. The number of nitrogens with zero attached hydrogens (tertiary/aromatic N) is 3. The molecule has 7 nitrogen and oxygen atoms in total. The van der Waals surface area contributed by atoms with Crippen molar-refractivity contribution in [2.24, 2.45) is 0 Å². The van der Waals surface area contributed by atoms with Crippen LogP contribution in [0.2, 0.25) is 0 Å². The van der Waals surface area contributed by atoms with E-state index in [2.05, 4.69) is 5.10 Å². The third-order valence-electron chi connectivity index (χ3n) is 3.02. The Labute approximate surface area is 115 Å². The van der Waals surface area contributed by atoms with Gasteiger partial charge in [-0.1, -0.05) is 19.3 Å². The van der Waals surface area contributed by atoms with Crippen LogP contribution in [-0.4, -0.2) is 32.5 Å². The molecule has 19 heavy (non-hydrogen) atoms. The zero-order chi connectivity index (χ0) is 14.3. The van der Waals surface area contributed by atoms with Gasteiger partial charge in [0.1, 0.15) is 6.20 Å². The molecule has 1 heterocycles. The SMILES string of the molecule is CSc1nn(C2CCCCC2)cc1[N+](=O)[O-].O=CO. The van der Waals surface area contributed by atoms with E-state index < -0.39 is 0 Å². The third-order valence-corrected chi connectivity index (χ3v) is 3.70. The van der Waals surface area contributed by atoms with Gasteiger partial charge < -0.3 is 5.11 Å². The van der Waals surface area contributed by atoms with Crippen LogP contribution in [0.15, 0.2) is 11.2 Å². The minimum atomic E-state index is -0.349. The zero-order valence-electron chi connectivity index (χ0n) is 10.7. The van der Waals surface area contributed by atoms with Gasteiger partial charge in [-0.05, 0) is 19.1 Å². The Bertz CT molecular complexity index is 430. The largest absolute Gasteiger partial charge is 0.483 e. The maximum Gasteiger partial charge on any atom is 0.320 e. The molecule has 0 radical (unpaired) electrons. The second kappa shape index (κ2) is 7.78. The van der Waals surface area contributed by atoms with Crippen LogP contribution in [0.5, 0.6) is 0 Å². The predicted molar refractivity (Wildman–Crippen MR) is 71.5 cm³/mol.